The van der Waals surface area contributed by atoms with E-state index >= 15 is 0 Å². The number of benzene rings is 1. The summed E-state index contributed by atoms with van der Waals surface area (Å²) in [6, 6.07) is 6.55. The zero-order chi connectivity index (χ0) is 17.6. The molecule has 0 atom stereocenters. The molecule has 0 radical (unpaired) electrons. The highest BCUT2D eigenvalue weighted by Gasteiger charge is 2.06. The number of nitrogens with zero attached hydrogens (tertiary/aromatic N) is 2. The fraction of sp³-hybridized carbons (Fsp3) is 0.0500. The van der Waals surface area contributed by atoms with Crippen LogP contribution in [0.25, 0.3) is 0 Å². The molecule has 0 spiro atoms. The van der Waals surface area contributed by atoms with E-state index in [2.05, 4.69) is 0 Å². The van der Waals surface area contributed by atoms with Crippen LogP contribution >= 0.6 is 0 Å². The van der Waals surface area contributed by atoms with Gasteiger partial charge in [-0.1, -0.05) is 36.4 Å². The summed E-state index contributed by atoms with van der Waals surface area (Å²) in [5, 5.41) is 10.7. The molecule has 1 aliphatic carbocycles. The van der Waals surface area contributed by atoms with Gasteiger partial charge in [-0.3, -0.25) is 14.9 Å². The number of rotatable bonds is 4. The smallest absolute Gasteiger partial charge is 0.269 e. The summed E-state index contributed by atoms with van der Waals surface area (Å²) in [5.41, 5.74) is 3.12. The maximum atomic E-state index is 11.1. The highest BCUT2D eigenvalue weighted by atomic mass is 16.6. The number of allylic oxidation sites excluding steroid dienone is 10. The van der Waals surface area contributed by atoms with Gasteiger partial charge in [-0.05, 0) is 41.0 Å². The predicted octanol–water partition coefficient (Wildman–Crippen LogP) is 3.99. The molecule has 1 aromatic carbocycles. The molecule has 0 fully saturated rings. The first-order chi connectivity index (χ1) is 12.1. The zero-order valence-electron chi connectivity index (χ0n) is 13.4. The van der Waals surface area contributed by atoms with E-state index in [1.165, 1.54) is 12.1 Å². The molecule has 0 saturated heterocycles. The number of carbonyl (C=O) groups excluding carboxylic acids is 1. The van der Waals surface area contributed by atoms with Crippen LogP contribution in [0.5, 0.6) is 0 Å². The average Bonchev–Trinajstić information content (AvgIpc) is 2.63. The Balaban J connectivity index is 1.60. The van der Waals surface area contributed by atoms with E-state index in [1.54, 1.807) is 36.4 Å². The lowest BCUT2D eigenvalue weighted by atomic mass is 10.1. The first-order valence-corrected chi connectivity index (χ1v) is 7.78. The Bertz CT molecular complexity index is 835. The van der Waals surface area contributed by atoms with Gasteiger partial charge in [0.2, 0.25) is 0 Å². The Kier molecular flexibility index (Phi) is 4.85. The van der Waals surface area contributed by atoms with E-state index in [0.29, 0.717) is 6.54 Å². The van der Waals surface area contributed by atoms with Gasteiger partial charge < -0.3 is 4.90 Å². The van der Waals surface area contributed by atoms with Crippen LogP contribution in [0.4, 0.5) is 5.69 Å². The van der Waals surface area contributed by atoms with E-state index in [1.807, 2.05) is 41.6 Å². The van der Waals surface area contributed by atoms with Gasteiger partial charge in [-0.2, -0.15) is 0 Å². The van der Waals surface area contributed by atoms with Crippen molar-refractivity contribution >= 4 is 11.5 Å². The Morgan fingerprint density at radius 2 is 1.44 bits per heavy atom. The minimum absolute atomic E-state index is 0.00384. The minimum Gasteiger partial charge on any atom is -0.350 e. The molecule has 1 aliphatic heterocycles. The second-order valence-electron chi connectivity index (χ2n) is 5.63. The predicted molar refractivity (Wildman–Crippen MR) is 96.4 cm³/mol. The lowest BCUT2D eigenvalue weighted by Gasteiger charge is -2.18. The molecular formula is C20H16N2O3. The third kappa shape index (κ3) is 4.51. The Labute approximate surface area is 145 Å². The Hall–Kier alpha value is -3.47. The largest absolute Gasteiger partial charge is 0.350 e. The van der Waals surface area contributed by atoms with E-state index in [-0.39, 0.29) is 11.5 Å². The van der Waals surface area contributed by atoms with Crippen LogP contribution in [-0.2, 0) is 11.3 Å². The fourth-order valence-electron chi connectivity index (χ4n) is 2.39. The minimum atomic E-state index is -0.400. The van der Waals surface area contributed by atoms with Crippen molar-refractivity contribution < 1.29 is 9.72 Å². The summed E-state index contributed by atoms with van der Waals surface area (Å²) in [4.78, 5) is 23.3. The number of hydrogen-bond acceptors (Lipinski definition) is 4. The normalized spacial score (nSPS) is 15.7. The molecule has 0 aromatic heterocycles. The number of nitro benzene ring substituents is 1. The Morgan fingerprint density at radius 3 is 2.00 bits per heavy atom. The zero-order valence-corrected chi connectivity index (χ0v) is 13.4. The molecule has 25 heavy (non-hydrogen) atoms. The van der Waals surface area contributed by atoms with Crippen LogP contribution in [0.1, 0.15) is 5.56 Å². The third-order valence-electron chi connectivity index (χ3n) is 3.78. The van der Waals surface area contributed by atoms with E-state index in [4.69, 9.17) is 0 Å². The van der Waals surface area contributed by atoms with E-state index < -0.39 is 4.92 Å². The van der Waals surface area contributed by atoms with Crippen molar-refractivity contribution in [2.24, 2.45) is 0 Å². The van der Waals surface area contributed by atoms with Crippen LogP contribution in [0, 0.1) is 10.1 Å². The van der Waals surface area contributed by atoms with Crippen LogP contribution in [0.15, 0.2) is 96.4 Å². The lowest BCUT2D eigenvalue weighted by Crippen LogP contribution is -2.11. The van der Waals surface area contributed by atoms with Crippen LogP contribution in [0.2, 0.25) is 0 Å². The summed E-state index contributed by atoms with van der Waals surface area (Å²) < 4.78 is 0. The van der Waals surface area contributed by atoms with Crippen molar-refractivity contribution in [1.82, 2.24) is 4.90 Å². The van der Waals surface area contributed by atoms with Gasteiger partial charge >= 0.3 is 0 Å². The second kappa shape index (κ2) is 7.40. The number of nitro groups is 1. The van der Waals surface area contributed by atoms with Crippen molar-refractivity contribution in [1.29, 1.82) is 0 Å². The van der Waals surface area contributed by atoms with Crippen LogP contribution in [-0.4, -0.2) is 15.6 Å². The van der Waals surface area contributed by atoms with Gasteiger partial charge in [0, 0.05) is 31.1 Å². The molecule has 1 aromatic rings. The Morgan fingerprint density at radius 1 is 0.880 bits per heavy atom. The van der Waals surface area contributed by atoms with Gasteiger partial charge in [0.15, 0.2) is 5.78 Å². The number of hydrogen-bond donors (Lipinski definition) is 0. The number of non-ortho nitro benzene ring substituents is 1. The summed E-state index contributed by atoms with van der Waals surface area (Å²) in [6.07, 6.45) is 18.5. The van der Waals surface area contributed by atoms with Gasteiger partial charge in [0.25, 0.3) is 5.69 Å². The highest BCUT2D eigenvalue weighted by molar-refractivity contribution is 6.01. The topological polar surface area (TPSA) is 63.5 Å². The molecule has 0 saturated carbocycles. The molecule has 0 N–H and O–H groups in total. The molecule has 1 heterocycles. The van der Waals surface area contributed by atoms with Crippen molar-refractivity contribution in [3.8, 4) is 0 Å². The van der Waals surface area contributed by atoms with Crippen LogP contribution in [0.3, 0.4) is 0 Å². The first-order valence-electron chi connectivity index (χ1n) is 7.78. The van der Waals surface area contributed by atoms with Crippen LogP contribution < -0.4 is 0 Å². The summed E-state index contributed by atoms with van der Waals surface area (Å²) in [5.74, 6) is 0.00384. The second-order valence-corrected chi connectivity index (χ2v) is 5.63. The van der Waals surface area contributed by atoms with Crippen molar-refractivity contribution in [3.63, 3.8) is 0 Å². The molecular weight excluding hydrogens is 316 g/mol. The highest BCUT2D eigenvalue weighted by Crippen LogP contribution is 2.17. The lowest BCUT2D eigenvalue weighted by molar-refractivity contribution is -0.384. The van der Waals surface area contributed by atoms with Gasteiger partial charge in [-0.15, -0.1) is 0 Å². The number of carbonyl (C=O) groups is 1. The van der Waals surface area contributed by atoms with E-state index in [9.17, 15) is 14.9 Å². The monoisotopic (exact) mass is 332 g/mol. The summed E-state index contributed by atoms with van der Waals surface area (Å²) in [6.45, 7) is 0.646. The standard InChI is InChI=1S/C20H16N2O3/c23-20-9-5-16(6-10-20)1-2-17-11-13-21(14-12-17)15-18-3-7-19(8-4-18)22(24)25/h1-14H,15H2. The first kappa shape index (κ1) is 16.4. The molecule has 124 valence electrons. The summed E-state index contributed by atoms with van der Waals surface area (Å²) in [7, 11) is 0. The number of ketones is 1. The van der Waals surface area contributed by atoms with Crippen molar-refractivity contribution in [2.45, 2.75) is 6.54 Å². The van der Waals surface area contributed by atoms with Crippen molar-refractivity contribution in [2.75, 3.05) is 0 Å². The van der Waals surface area contributed by atoms with E-state index in [0.717, 1.165) is 16.7 Å². The average molecular weight is 332 g/mol. The SMILES string of the molecule is O=C1C=CC(=CC=C2C=CN(Cc3ccc([N+](=O)[O-])cc3)C=C2)C=C1. The van der Waals surface area contributed by atoms with Gasteiger partial charge in [0.1, 0.15) is 0 Å². The maximum Gasteiger partial charge on any atom is 0.269 e. The van der Waals surface area contributed by atoms with Gasteiger partial charge in [-0.25, -0.2) is 0 Å². The fourth-order valence-corrected chi connectivity index (χ4v) is 2.39. The quantitative estimate of drug-likeness (QED) is 0.618. The maximum absolute atomic E-state index is 11.1. The molecule has 0 bridgehead atoms. The molecule has 2 aliphatic rings. The molecule has 0 unspecified atom stereocenters. The summed E-state index contributed by atoms with van der Waals surface area (Å²) >= 11 is 0. The molecule has 0 amide bonds. The van der Waals surface area contributed by atoms with Crippen molar-refractivity contribution in [3.05, 3.63) is 112 Å². The third-order valence-corrected chi connectivity index (χ3v) is 3.78. The van der Waals surface area contributed by atoms with Gasteiger partial charge in [0.05, 0.1) is 4.92 Å². The molecule has 5 heteroatoms. The molecule has 5 nitrogen and oxygen atoms in total. The molecule has 3 rings (SSSR count).